The van der Waals surface area contributed by atoms with Crippen molar-refractivity contribution in [2.24, 2.45) is 0 Å². The summed E-state index contributed by atoms with van der Waals surface area (Å²) >= 11 is 0. The summed E-state index contributed by atoms with van der Waals surface area (Å²) in [6.45, 7) is 0. The molecule has 2 rings (SSSR count). The number of rotatable bonds is 5. The van der Waals surface area contributed by atoms with Gasteiger partial charge in [0.25, 0.3) is 0 Å². The van der Waals surface area contributed by atoms with Crippen LogP contribution in [-0.2, 0) is 14.6 Å². The number of carboxylic acid groups (broad SMARTS) is 1. The lowest BCUT2D eigenvalue weighted by atomic mass is 9.74. The van der Waals surface area contributed by atoms with Gasteiger partial charge in [-0.1, -0.05) is 0 Å². The van der Waals surface area contributed by atoms with E-state index in [1.165, 1.54) is 12.1 Å². The summed E-state index contributed by atoms with van der Waals surface area (Å²) in [5.74, 6) is -0.819. The molecule has 0 atom stereocenters. The van der Waals surface area contributed by atoms with Gasteiger partial charge in [-0.3, -0.25) is 4.79 Å². The summed E-state index contributed by atoms with van der Waals surface area (Å²) in [6, 6.07) is 6.42. The molecule has 5 nitrogen and oxygen atoms in total. The molecule has 0 bridgehead atoms. The van der Waals surface area contributed by atoms with Gasteiger partial charge in [-0.15, -0.1) is 0 Å². The van der Waals surface area contributed by atoms with E-state index < -0.39 is 15.8 Å². The number of hydrogen-bond acceptors (Lipinski definition) is 4. The summed E-state index contributed by atoms with van der Waals surface area (Å²) in [5.41, 5.74) is 0.381. The van der Waals surface area contributed by atoms with E-state index in [0.717, 1.165) is 31.2 Å². The summed E-state index contributed by atoms with van der Waals surface area (Å²) in [4.78, 5) is 11.1. The Morgan fingerprint density at radius 1 is 1.32 bits per heavy atom. The van der Waals surface area contributed by atoms with Crippen molar-refractivity contribution in [3.05, 3.63) is 24.3 Å². The third-order valence-electron chi connectivity index (χ3n) is 3.49. The molecular weight excluding hydrogens is 266 g/mol. The molecule has 2 N–H and O–H groups in total. The Hall–Kier alpha value is -1.56. The molecule has 1 fully saturated rings. The summed E-state index contributed by atoms with van der Waals surface area (Å²) < 4.78 is 22.7. The normalized spacial score (nSPS) is 17.5. The van der Waals surface area contributed by atoms with E-state index >= 15 is 0 Å². The fraction of sp³-hybridized carbons (Fsp3) is 0.462. The number of carboxylic acids is 1. The lowest BCUT2D eigenvalue weighted by molar-refractivity contribution is -0.138. The predicted molar refractivity (Wildman–Crippen MR) is 72.0 cm³/mol. The Kier molecular flexibility index (Phi) is 3.54. The highest BCUT2D eigenvalue weighted by molar-refractivity contribution is 7.90. The number of nitrogens with one attached hydrogen (secondary N) is 1. The molecule has 19 heavy (non-hydrogen) atoms. The van der Waals surface area contributed by atoms with Crippen molar-refractivity contribution < 1.29 is 18.3 Å². The summed E-state index contributed by atoms with van der Waals surface area (Å²) in [7, 11) is -3.20. The van der Waals surface area contributed by atoms with Crippen molar-refractivity contribution in [1.29, 1.82) is 0 Å². The number of anilines is 1. The number of sulfone groups is 1. The fourth-order valence-electron chi connectivity index (χ4n) is 2.33. The van der Waals surface area contributed by atoms with E-state index in [9.17, 15) is 13.2 Å². The van der Waals surface area contributed by atoms with Crippen molar-refractivity contribution >= 4 is 21.5 Å². The average molecular weight is 283 g/mol. The number of hydrogen-bond donors (Lipinski definition) is 2. The van der Waals surface area contributed by atoms with Gasteiger partial charge in [0, 0.05) is 17.5 Å². The lowest BCUT2D eigenvalue weighted by Crippen LogP contribution is -2.46. The van der Waals surface area contributed by atoms with Gasteiger partial charge in [-0.2, -0.15) is 0 Å². The highest BCUT2D eigenvalue weighted by atomic mass is 32.2. The molecule has 0 aliphatic heterocycles. The SMILES string of the molecule is CS(=O)(=O)c1ccc(NC2(CC(=O)O)CCC2)cc1. The molecule has 1 aromatic rings. The van der Waals surface area contributed by atoms with Crippen LogP contribution in [0.4, 0.5) is 5.69 Å². The molecule has 1 aliphatic carbocycles. The van der Waals surface area contributed by atoms with E-state index in [4.69, 9.17) is 5.11 Å². The Balaban J connectivity index is 2.13. The zero-order chi connectivity index (χ0) is 14.1. The molecule has 1 saturated carbocycles. The molecule has 0 unspecified atom stereocenters. The van der Waals surface area contributed by atoms with Crippen molar-refractivity contribution in [3.63, 3.8) is 0 Å². The van der Waals surface area contributed by atoms with E-state index in [1.807, 2.05) is 0 Å². The zero-order valence-electron chi connectivity index (χ0n) is 10.7. The quantitative estimate of drug-likeness (QED) is 0.862. The molecule has 1 aliphatic rings. The molecule has 0 radical (unpaired) electrons. The molecule has 6 heteroatoms. The molecular formula is C13H17NO4S. The van der Waals surface area contributed by atoms with Crippen LogP contribution in [0.25, 0.3) is 0 Å². The van der Waals surface area contributed by atoms with Crippen LogP contribution in [-0.4, -0.2) is 31.3 Å². The van der Waals surface area contributed by atoms with E-state index in [2.05, 4.69) is 5.32 Å². The molecule has 1 aromatic carbocycles. The average Bonchev–Trinajstić information content (AvgIpc) is 2.25. The van der Waals surface area contributed by atoms with E-state index in [-0.39, 0.29) is 16.9 Å². The summed E-state index contributed by atoms with van der Waals surface area (Å²) in [5, 5.41) is 12.1. The Morgan fingerprint density at radius 2 is 1.89 bits per heavy atom. The first-order valence-electron chi connectivity index (χ1n) is 6.11. The molecule has 0 spiro atoms. The maximum absolute atomic E-state index is 11.3. The number of benzene rings is 1. The Labute approximate surface area is 112 Å². The first-order valence-corrected chi connectivity index (χ1v) is 8.00. The minimum atomic E-state index is -3.20. The number of aliphatic carboxylic acids is 1. The minimum Gasteiger partial charge on any atom is -0.481 e. The maximum atomic E-state index is 11.3. The predicted octanol–water partition coefficient (Wildman–Crippen LogP) is 1.90. The largest absolute Gasteiger partial charge is 0.481 e. The third kappa shape index (κ3) is 3.26. The monoisotopic (exact) mass is 283 g/mol. The molecule has 0 saturated heterocycles. The van der Waals surface area contributed by atoms with Gasteiger partial charge >= 0.3 is 5.97 Å². The molecule has 0 amide bonds. The van der Waals surface area contributed by atoms with Crippen molar-refractivity contribution in [2.75, 3.05) is 11.6 Å². The third-order valence-corrected chi connectivity index (χ3v) is 4.62. The van der Waals surface area contributed by atoms with Crippen LogP contribution < -0.4 is 5.32 Å². The Bertz CT molecular complexity index is 573. The second-order valence-electron chi connectivity index (χ2n) is 5.13. The second kappa shape index (κ2) is 4.85. The van der Waals surface area contributed by atoms with E-state index in [0.29, 0.717) is 0 Å². The van der Waals surface area contributed by atoms with Gasteiger partial charge in [0.15, 0.2) is 9.84 Å². The smallest absolute Gasteiger partial charge is 0.305 e. The van der Waals surface area contributed by atoms with E-state index in [1.54, 1.807) is 12.1 Å². The van der Waals surface area contributed by atoms with Gasteiger partial charge in [0.1, 0.15) is 0 Å². The lowest BCUT2D eigenvalue weighted by Gasteiger charge is -2.42. The van der Waals surface area contributed by atoms with Crippen LogP contribution in [0.5, 0.6) is 0 Å². The van der Waals surface area contributed by atoms with Crippen LogP contribution in [0.3, 0.4) is 0 Å². The van der Waals surface area contributed by atoms with Crippen LogP contribution in [0, 0.1) is 0 Å². The van der Waals surface area contributed by atoms with Crippen LogP contribution in [0.15, 0.2) is 29.2 Å². The van der Waals surface area contributed by atoms with Gasteiger partial charge in [0.05, 0.1) is 11.3 Å². The molecule has 104 valence electrons. The number of carbonyl (C=O) groups is 1. The Morgan fingerprint density at radius 3 is 2.26 bits per heavy atom. The fourth-order valence-corrected chi connectivity index (χ4v) is 2.96. The van der Waals surface area contributed by atoms with Gasteiger partial charge in [-0.25, -0.2) is 8.42 Å². The van der Waals surface area contributed by atoms with Crippen molar-refractivity contribution in [2.45, 2.75) is 36.1 Å². The van der Waals surface area contributed by atoms with Gasteiger partial charge in [0.2, 0.25) is 0 Å². The topological polar surface area (TPSA) is 83.5 Å². The molecule has 0 aromatic heterocycles. The zero-order valence-corrected chi connectivity index (χ0v) is 11.5. The maximum Gasteiger partial charge on any atom is 0.305 e. The first-order chi connectivity index (χ1) is 8.81. The molecule has 0 heterocycles. The highest BCUT2D eigenvalue weighted by Crippen LogP contribution is 2.38. The van der Waals surface area contributed by atoms with Crippen LogP contribution >= 0.6 is 0 Å². The highest BCUT2D eigenvalue weighted by Gasteiger charge is 2.38. The van der Waals surface area contributed by atoms with Crippen LogP contribution in [0.1, 0.15) is 25.7 Å². The van der Waals surface area contributed by atoms with Crippen LogP contribution in [0.2, 0.25) is 0 Å². The van der Waals surface area contributed by atoms with Gasteiger partial charge in [-0.05, 0) is 43.5 Å². The standard InChI is InChI=1S/C13H17NO4S/c1-19(17,18)11-5-3-10(4-6-11)14-13(7-2-8-13)9-12(15)16/h3-6,14H,2,7-9H2,1H3,(H,15,16). The van der Waals surface area contributed by atoms with Gasteiger partial charge < -0.3 is 10.4 Å². The minimum absolute atomic E-state index is 0.0842. The van der Waals surface area contributed by atoms with Crippen molar-refractivity contribution in [3.8, 4) is 0 Å². The second-order valence-corrected chi connectivity index (χ2v) is 7.14. The first kappa shape index (κ1) is 13.9. The summed E-state index contributed by atoms with van der Waals surface area (Å²) in [6.07, 6.45) is 3.91. The van der Waals surface area contributed by atoms with Crippen molar-refractivity contribution in [1.82, 2.24) is 0 Å².